The van der Waals surface area contributed by atoms with Gasteiger partial charge in [-0.2, -0.15) is 4.99 Å². The van der Waals surface area contributed by atoms with Crippen LogP contribution < -0.4 is 16.8 Å². The molecule has 6 heteroatoms. The Labute approximate surface area is 109 Å². The molecule has 1 aromatic carbocycles. The summed E-state index contributed by atoms with van der Waals surface area (Å²) in [5.41, 5.74) is 12.1. The first kappa shape index (κ1) is 13.5. The van der Waals surface area contributed by atoms with E-state index in [0.717, 1.165) is 10.2 Å². The lowest BCUT2D eigenvalue weighted by molar-refractivity contribution is 0.831. The molecular weight excluding hydrogens is 282 g/mol. The van der Waals surface area contributed by atoms with Crippen molar-refractivity contribution >= 4 is 33.5 Å². The molecule has 0 bridgehead atoms. The number of nitrogens with two attached hydrogens (primary N) is 2. The summed E-state index contributed by atoms with van der Waals surface area (Å²) in [6.07, 6.45) is 0. The molecule has 17 heavy (non-hydrogen) atoms. The zero-order valence-corrected chi connectivity index (χ0v) is 11.4. The minimum absolute atomic E-state index is 0.0965. The molecule has 0 radical (unpaired) electrons. The Morgan fingerprint density at radius 1 is 1.24 bits per heavy atom. The Bertz CT molecular complexity index is 422. The van der Waals surface area contributed by atoms with Gasteiger partial charge in [-0.25, -0.2) is 4.99 Å². The summed E-state index contributed by atoms with van der Waals surface area (Å²) in [5.74, 6) is 0.385. The summed E-state index contributed by atoms with van der Waals surface area (Å²) < 4.78 is 0.999. The Kier molecular flexibility index (Phi) is 4.96. The van der Waals surface area contributed by atoms with Gasteiger partial charge in [-0.05, 0) is 38.1 Å². The van der Waals surface area contributed by atoms with E-state index in [0.29, 0.717) is 0 Å². The predicted molar refractivity (Wildman–Crippen MR) is 76.1 cm³/mol. The molecule has 0 aliphatic carbocycles. The lowest BCUT2D eigenvalue weighted by Gasteiger charge is -2.05. The van der Waals surface area contributed by atoms with Crippen molar-refractivity contribution in [3.05, 3.63) is 28.7 Å². The van der Waals surface area contributed by atoms with Crippen molar-refractivity contribution in [2.24, 2.45) is 21.5 Å². The average molecular weight is 298 g/mol. The number of nitrogens with one attached hydrogen (secondary N) is 1. The van der Waals surface area contributed by atoms with E-state index >= 15 is 0 Å². The molecule has 0 fully saturated rings. The third kappa shape index (κ3) is 5.35. The quantitative estimate of drug-likeness (QED) is 0.575. The van der Waals surface area contributed by atoms with Gasteiger partial charge in [0.2, 0.25) is 11.9 Å². The number of anilines is 1. The molecule has 0 heterocycles. The molecule has 0 aromatic heterocycles. The van der Waals surface area contributed by atoms with E-state index in [4.69, 9.17) is 11.5 Å². The largest absolute Gasteiger partial charge is 0.369 e. The Balaban J connectivity index is 2.68. The van der Waals surface area contributed by atoms with E-state index < -0.39 is 0 Å². The lowest BCUT2D eigenvalue weighted by Crippen LogP contribution is -2.26. The predicted octanol–water partition coefficient (Wildman–Crippen LogP) is 1.90. The normalized spacial score (nSPS) is 12.9. The third-order valence-corrected chi connectivity index (χ3v) is 2.27. The Hall–Kier alpha value is -1.56. The van der Waals surface area contributed by atoms with E-state index in [2.05, 4.69) is 31.2 Å². The summed E-state index contributed by atoms with van der Waals surface area (Å²) in [7, 11) is 0. The smallest absolute Gasteiger partial charge is 0.218 e. The summed E-state index contributed by atoms with van der Waals surface area (Å²) in [6, 6.07) is 7.66. The lowest BCUT2D eigenvalue weighted by atomic mass is 10.3. The Morgan fingerprint density at radius 2 is 1.82 bits per heavy atom. The van der Waals surface area contributed by atoms with Crippen LogP contribution in [0.25, 0.3) is 0 Å². The van der Waals surface area contributed by atoms with Gasteiger partial charge in [-0.1, -0.05) is 15.9 Å². The van der Waals surface area contributed by atoms with Gasteiger partial charge in [-0.15, -0.1) is 0 Å². The molecule has 0 atom stereocenters. The maximum absolute atomic E-state index is 5.69. The monoisotopic (exact) mass is 297 g/mol. The molecule has 0 spiro atoms. The molecule has 1 aromatic rings. The SMILES string of the molecule is CC(C)N=C(N)N=C(N)Nc1ccc(Br)cc1. The molecule has 92 valence electrons. The number of hydrogen-bond acceptors (Lipinski definition) is 1. The number of hydrogen-bond donors (Lipinski definition) is 3. The second kappa shape index (κ2) is 6.24. The maximum atomic E-state index is 5.69. The van der Waals surface area contributed by atoms with Crippen LogP contribution in [-0.4, -0.2) is 18.0 Å². The molecule has 0 aliphatic rings. The number of aliphatic imine (C=N–C) groups is 2. The van der Waals surface area contributed by atoms with Gasteiger partial charge < -0.3 is 16.8 Å². The average Bonchev–Trinajstić information content (AvgIpc) is 2.19. The summed E-state index contributed by atoms with van der Waals surface area (Å²) >= 11 is 3.35. The summed E-state index contributed by atoms with van der Waals surface area (Å²) in [5, 5.41) is 2.92. The van der Waals surface area contributed by atoms with Crippen LogP contribution in [0.15, 0.2) is 38.7 Å². The topological polar surface area (TPSA) is 88.8 Å². The van der Waals surface area contributed by atoms with Crippen LogP contribution in [-0.2, 0) is 0 Å². The molecule has 0 unspecified atom stereocenters. The van der Waals surface area contributed by atoms with Gasteiger partial charge in [0.15, 0.2) is 0 Å². The molecule has 0 saturated heterocycles. The van der Waals surface area contributed by atoms with E-state index in [-0.39, 0.29) is 18.0 Å². The van der Waals surface area contributed by atoms with Gasteiger partial charge in [0.1, 0.15) is 0 Å². The minimum atomic E-state index is 0.0965. The first-order valence-electron chi connectivity index (χ1n) is 5.17. The summed E-state index contributed by atoms with van der Waals surface area (Å²) in [6.45, 7) is 3.83. The fourth-order valence-corrected chi connectivity index (χ4v) is 1.39. The van der Waals surface area contributed by atoms with Crippen molar-refractivity contribution in [2.75, 3.05) is 5.32 Å². The zero-order valence-electron chi connectivity index (χ0n) is 9.81. The van der Waals surface area contributed by atoms with Crippen LogP contribution in [0, 0.1) is 0 Å². The minimum Gasteiger partial charge on any atom is -0.369 e. The van der Waals surface area contributed by atoms with Crippen LogP contribution >= 0.6 is 15.9 Å². The first-order valence-corrected chi connectivity index (χ1v) is 5.96. The highest BCUT2D eigenvalue weighted by Crippen LogP contribution is 2.13. The van der Waals surface area contributed by atoms with Crippen LogP contribution in [0.4, 0.5) is 5.69 Å². The van der Waals surface area contributed by atoms with Crippen molar-refractivity contribution < 1.29 is 0 Å². The molecule has 0 amide bonds. The number of halogens is 1. The van der Waals surface area contributed by atoms with Gasteiger partial charge >= 0.3 is 0 Å². The van der Waals surface area contributed by atoms with E-state index in [9.17, 15) is 0 Å². The number of rotatable bonds is 2. The standard InChI is InChI=1S/C11H16BrN5/c1-7(2)15-10(13)17-11(14)16-9-5-3-8(12)4-6-9/h3-7H,1-2H3,(H5,13,14,15,16,17). The van der Waals surface area contributed by atoms with Gasteiger partial charge in [0, 0.05) is 16.2 Å². The molecule has 5 N–H and O–H groups in total. The van der Waals surface area contributed by atoms with Crippen molar-refractivity contribution in [2.45, 2.75) is 19.9 Å². The highest BCUT2D eigenvalue weighted by atomic mass is 79.9. The van der Waals surface area contributed by atoms with Crippen LogP contribution in [0.1, 0.15) is 13.8 Å². The molecule has 1 rings (SSSR count). The summed E-state index contributed by atoms with van der Waals surface area (Å²) in [4.78, 5) is 7.99. The van der Waals surface area contributed by atoms with Gasteiger partial charge in [0.05, 0.1) is 0 Å². The van der Waals surface area contributed by atoms with E-state index in [1.807, 2.05) is 38.1 Å². The Morgan fingerprint density at radius 3 is 2.35 bits per heavy atom. The number of benzene rings is 1. The van der Waals surface area contributed by atoms with Gasteiger partial charge in [0.25, 0.3) is 0 Å². The molecule has 0 saturated carbocycles. The van der Waals surface area contributed by atoms with Crippen LogP contribution in [0.5, 0.6) is 0 Å². The van der Waals surface area contributed by atoms with Crippen molar-refractivity contribution in [1.82, 2.24) is 0 Å². The van der Waals surface area contributed by atoms with E-state index in [1.54, 1.807) is 0 Å². The second-order valence-corrected chi connectivity index (χ2v) is 4.63. The fraction of sp³-hybridized carbons (Fsp3) is 0.273. The number of nitrogens with zero attached hydrogens (tertiary/aromatic N) is 2. The molecule has 0 aliphatic heterocycles. The third-order valence-electron chi connectivity index (χ3n) is 1.74. The van der Waals surface area contributed by atoms with Crippen LogP contribution in [0.2, 0.25) is 0 Å². The molecule has 5 nitrogen and oxygen atoms in total. The highest BCUT2D eigenvalue weighted by Gasteiger charge is 1.97. The highest BCUT2D eigenvalue weighted by molar-refractivity contribution is 9.10. The van der Waals surface area contributed by atoms with E-state index in [1.165, 1.54) is 0 Å². The zero-order chi connectivity index (χ0) is 12.8. The van der Waals surface area contributed by atoms with Gasteiger partial charge in [-0.3, -0.25) is 0 Å². The van der Waals surface area contributed by atoms with Crippen molar-refractivity contribution in [1.29, 1.82) is 0 Å². The van der Waals surface area contributed by atoms with Crippen LogP contribution in [0.3, 0.4) is 0 Å². The van der Waals surface area contributed by atoms with Crippen molar-refractivity contribution in [3.8, 4) is 0 Å². The number of guanidine groups is 2. The first-order chi connectivity index (χ1) is 7.97. The maximum Gasteiger partial charge on any atom is 0.218 e. The fourth-order valence-electron chi connectivity index (χ4n) is 1.13. The van der Waals surface area contributed by atoms with Crippen molar-refractivity contribution in [3.63, 3.8) is 0 Å². The molecular formula is C11H16BrN5. The second-order valence-electron chi connectivity index (χ2n) is 3.71.